The molecule has 0 fully saturated rings. The number of aliphatic hydroxyl groups is 1. The number of aromatic nitrogens is 1. The minimum Gasteiger partial charge on any atom is -0.466 e. The molecule has 0 aliphatic carbocycles. The predicted octanol–water partition coefficient (Wildman–Crippen LogP) is 2.64. The number of amides is 1. The van der Waals surface area contributed by atoms with Crippen LogP contribution in [0, 0.1) is 0 Å². The summed E-state index contributed by atoms with van der Waals surface area (Å²) >= 11 is 0. The zero-order valence-electron chi connectivity index (χ0n) is 15.3. The minimum atomic E-state index is -0.346. The summed E-state index contributed by atoms with van der Waals surface area (Å²) in [5, 5.41) is 9.62. The summed E-state index contributed by atoms with van der Waals surface area (Å²) in [6, 6.07) is 10.8. The van der Waals surface area contributed by atoms with Crippen LogP contribution in [-0.2, 0) is 9.53 Å². The van der Waals surface area contributed by atoms with E-state index in [2.05, 4.69) is 0 Å². The van der Waals surface area contributed by atoms with Gasteiger partial charge in [-0.25, -0.2) is 0 Å². The summed E-state index contributed by atoms with van der Waals surface area (Å²) in [7, 11) is 0. The van der Waals surface area contributed by atoms with Crippen molar-refractivity contribution in [1.82, 2.24) is 9.47 Å². The van der Waals surface area contributed by atoms with Crippen LogP contribution in [0.15, 0.2) is 48.8 Å². The van der Waals surface area contributed by atoms with Crippen molar-refractivity contribution in [2.24, 2.45) is 0 Å². The lowest BCUT2D eigenvalue weighted by Gasteiger charge is -2.30. The van der Waals surface area contributed by atoms with E-state index in [-0.39, 0.29) is 37.5 Å². The smallest absolute Gasteiger partial charge is 0.307 e. The van der Waals surface area contributed by atoms with Gasteiger partial charge in [0.2, 0.25) is 0 Å². The van der Waals surface area contributed by atoms with Crippen LogP contribution in [-0.4, -0.2) is 52.3 Å². The van der Waals surface area contributed by atoms with E-state index in [1.807, 2.05) is 48.1 Å². The van der Waals surface area contributed by atoms with Gasteiger partial charge in [0.15, 0.2) is 0 Å². The molecule has 26 heavy (non-hydrogen) atoms. The van der Waals surface area contributed by atoms with E-state index in [1.165, 1.54) is 0 Å². The van der Waals surface area contributed by atoms with Crippen molar-refractivity contribution in [3.8, 4) is 5.69 Å². The molecule has 0 bridgehead atoms. The Morgan fingerprint density at radius 2 is 1.81 bits per heavy atom. The van der Waals surface area contributed by atoms with Gasteiger partial charge in [-0.3, -0.25) is 9.59 Å². The second kappa shape index (κ2) is 9.77. The van der Waals surface area contributed by atoms with Crippen molar-refractivity contribution in [3.63, 3.8) is 0 Å². The van der Waals surface area contributed by atoms with Crippen LogP contribution in [0.25, 0.3) is 5.69 Å². The monoisotopic (exact) mass is 358 g/mol. The Hall–Kier alpha value is -2.60. The van der Waals surface area contributed by atoms with E-state index in [9.17, 15) is 14.7 Å². The average Bonchev–Trinajstić information content (AvgIpc) is 3.20. The molecule has 0 spiro atoms. The Bertz CT molecular complexity index is 691. The van der Waals surface area contributed by atoms with E-state index in [0.29, 0.717) is 18.6 Å². The Balaban J connectivity index is 2.15. The zero-order valence-corrected chi connectivity index (χ0v) is 15.3. The molecule has 2 rings (SSSR count). The van der Waals surface area contributed by atoms with E-state index < -0.39 is 0 Å². The van der Waals surface area contributed by atoms with Gasteiger partial charge < -0.3 is 19.3 Å². The van der Waals surface area contributed by atoms with Gasteiger partial charge in [-0.2, -0.15) is 0 Å². The lowest BCUT2D eigenvalue weighted by atomic mass is 10.1. The molecular weight excluding hydrogens is 332 g/mol. The highest BCUT2D eigenvalue weighted by atomic mass is 16.5. The molecule has 140 valence electrons. The molecule has 1 atom stereocenters. The minimum absolute atomic E-state index is 0.109. The van der Waals surface area contributed by atoms with Gasteiger partial charge in [0.25, 0.3) is 5.91 Å². The van der Waals surface area contributed by atoms with Gasteiger partial charge in [0.1, 0.15) is 0 Å². The van der Waals surface area contributed by atoms with E-state index in [1.54, 1.807) is 24.0 Å². The molecule has 6 nitrogen and oxygen atoms in total. The summed E-state index contributed by atoms with van der Waals surface area (Å²) in [6.45, 7) is 4.03. The number of hydrogen-bond acceptors (Lipinski definition) is 4. The van der Waals surface area contributed by atoms with Crippen LogP contribution in [0.2, 0.25) is 0 Å². The molecule has 0 radical (unpaired) electrons. The van der Waals surface area contributed by atoms with Crippen molar-refractivity contribution >= 4 is 11.9 Å². The fourth-order valence-corrected chi connectivity index (χ4v) is 2.79. The highest BCUT2D eigenvalue weighted by Crippen LogP contribution is 2.15. The molecule has 0 aliphatic heterocycles. The SMILES string of the molecule is CCOC(=O)CCN(C(=O)c1ccc(-n2cccc2)cc1)C(CC)CO. The third-order valence-corrected chi connectivity index (χ3v) is 4.26. The molecule has 0 saturated heterocycles. The van der Waals surface area contributed by atoms with Gasteiger partial charge in [0.05, 0.1) is 25.7 Å². The summed E-state index contributed by atoms with van der Waals surface area (Å²) in [5.41, 5.74) is 1.48. The van der Waals surface area contributed by atoms with Crippen LogP contribution in [0.1, 0.15) is 37.0 Å². The lowest BCUT2D eigenvalue weighted by molar-refractivity contribution is -0.143. The second-order valence-corrected chi connectivity index (χ2v) is 5.94. The van der Waals surface area contributed by atoms with Crippen molar-refractivity contribution in [2.75, 3.05) is 19.8 Å². The molecule has 0 saturated carbocycles. The highest BCUT2D eigenvalue weighted by Gasteiger charge is 2.24. The van der Waals surface area contributed by atoms with Crippen LogP contribution in [0.4, 0.5) is 0 Å². The second-order valence-electron chi connectivity index (χ2n) is 5.94. The molecule has 1 unspecified atom stereocenters. The van der Waals surface area contributed by atoms with Crippen LogP contribution in [0.5, 0.6) is 0 Å². The van der Waals surface area contributed by atoms with Crippen molar-refractivity contribution in [3.05, 3.63) is 54.4 Å². The topological polar surface area (TPSA) is 71.8 Å². The fraction of sp³-hybridized carbons (Fsp3) is 0.400. The van der Waals surface area contributed by atoms with E-state index in [4.69, 9.17) is 4.74 Å². The summed E-state index contributed by atoms with van der Waals surface area (Å²) in [6.07, 6.45) is 4.58. The maximum Gasteiger partial charge on any atom is 0.307 e. The first-order chi connectivity index (χ1) is 12.6. The normalized spacial score (nSPS) is 11.8. The molecule has 1 N–H and O–H groups in total. The predicted molar refractivity (Wildman–Crippen MR) is 99.2 cm³/mol. The Morgan fingerprint density at radius 3 is 2.35 bits per heavy atom. The summed E-state index contributed by atoms with van der Waals surface area (Å²) in [5.74, 6) is -0.546. The summed E-state index contributed by atoms with van der Waals surface area (Å²) in [4.78, 5) is 26.1. The zero-order chi connectivity index (χ0) is 18.9. The molecule has 0 aliphatic rings. The maximum atomic E-state index is 12.9. The molecule has 1 heterocycles. The first-order valence-corrected chi connectivity index (χ1v) is 8.91. The Morgan fingerprint density at radius 1 is 1.15 bits per heavy atom. The fourth-order valence-electron chi connectivity index (χ4n) is 2.79. The number of carbonyl (C=O) groups excluding carboxylic acids is 2. The molecular formula is C20H26N2O4. The van der Waals surface area contributed by atoms with Crippen LogP contribution in [0.3, 0.4) is 0 Å². The molecule has 1 amide bonds. The average molecular weight is 358 g/mol. The first kappa shape index (κ1) is 19.7. The number of benzene rings is 1. The van der Waals surface area contributed by atoms with Crippen molar-refractivity contribution in [1.29, 1.82) is 0 Å². The highest BCUT2D eigenvalue weighted by molar-refractivity contribution is 5.94. The quantitative estimate of drug-likeness (QED) is 0.700. The van der Waals surface area contributed by atoms with E-state index in [0.717, 1.165) is 5.69 Å². The number of hydrogen-bond donors (Lipinski definition) is 1. The third kappa shape index (κ3) is 4.95. The first-order valence-electron chi connectivity index (χ1n) is 8.91. The summed E-state index contributed by atoms with van der Waals surface area (Å²) < 4.78 is 6.89. The molecule has 2 aromatic rings. The van der Waals surface area contributed by atoms with Crippen molar-refractivity contribution < 1.29 is 19.4 Å². The Labute approximate surface area is 154 Å². The van der Waals surface area contributed by atoms with Gasteiger partial charge in [-0.1, -0.05) is 6.92 Å². The number of ether oxygens (including phenoxy) is 1. The number of aliphatic hydroxyl groups excluding tert-OH is 1. The Kier molecular flexibility index (Phi) is 7.41. The lowest BCUT2D eigenvalue weighted by Crippen LogP contribution is -2.43. The third-order valence-electron chi connectivity index (χ3n) is 4.26. The van der Waals surface area contributed by atoms with Gasteiger partial charge in [-0.15, -0.1) is 0 Å². The van der Waals surface area contributed by atoms with E-state index >= 15 is 0 Å². The number of carbonyl (C=O) groups is 2. The standard InChI is InChI=1S/C20H26N2O4/c1-3-17(15-23)22(14-11-19(24)26-4-2)20(25)16-7-9-18(10-8-16)21-12-5-6-13-21/h5-10,12-13,17,23H,3-4,11,14-15H2,1-2H3. The number of rotatable bonds is 9. The van der Waals surface area contributed by atoms with Gasteiger partial charge >= 0.3 is 5.97 Å². The van der Waals surface area contributed by atoms with Crippen LogP contribution >= 0.6 is 0 Å². The number of nitrogens with zero attached hydrogens (tertiary/aromatic N) is 2. The van der Waals surface area contributed by atoms with Crippen molar-refractivity contribution in [2.45, 2.75) is 32.7 Å². The van der Waals surface area contributed by atoms with Crippen LogP contribution < -0.4 is 0 Å². The molecule has 1 aromatic heterocycles. The molecule has 1 aromatic carbocycles. The van der Waals surface area contributed by atoms with Gasteiger partial charge in [0, 0.05) is 30.2 Å². The largest absolute Gasteiger partial charge is 0.466 e. The van der Waals surface area contributed by atoms with Gasteiger partial charge in [-0.05, 0) is 49.7 Å². The molecule has 6 heteroatoms. The maximum absolute atomic E-state index is 12.9. The number of esters is 1.